The minimum Gasteiger partial charge on any atom is -0.354 e. The number of aromatic nitrogens is 1. The molecule has 0 saturated carbocycles. The molecule has 0 bridgehead atoms. The number of amides is 1. The minimum absolute atomic E-state index is 0.0522. The van der Waals surface area contributed by atoms with Crippen LogP contribution in [0.25, 0.3) is 22.2 Å². The van der Waals surface area contributed by atoms with Crippen LogP contribution in [0, 0.1) is 10.1 Å². The van der Waals surface area contributed by atoms with Crippen molar-refractivity contribution in [1.29, 1.82) is 0 Å². The van der Waals surface area contributed by atoms with E-state index in [0.717, 1.165) is 27.7 Å². The zero-order chi connectivity index (χ0) is 16.0. The zero-order valence-corrected chi connectivity index (χ0v) is 12.1. The molecule has 1 aliphatic heterocycles. The van der Waals surface area contributed by atoms with E-state index in [1.807, 2.05) is 18.2 Å². The van der Waals surface area contributed by atoms with Gasteiger partial charge in [0.1, 0.15) is 0 Å². The largest absolute Gasteiger partial charge is 0.354 e. The van der Waals surface area contributed by atoms with Crippen molar-refractivity contribution >= 4 is 22.5 Å². The molecule has 6 nitrogen and oxygen atoms in total. The topological polar surface area (TPSA) is 88.0 Å². The molecular weight excluding hydrogens is 294 g/mol. The normalized spacial score (nSPS) is 13.7. The van der Waals surface area contributed by atoms with Gasteiger partial charge in [0, 0.05) is 40.7 Å². The Morgan fingerprint density at radius 1 is 1.13 bits per heavy atom. The Morgan fingerprint density at radius 2 is 1.96 bits per heavy atom. The smallest absolute Gasteiger partial charge is 0.270 e. The number of nitrogens with one attached hydrogen (secondary N) is 2. The highest BCUT2D eigenvalue weighted by atomic mass is 16.6. The fourth-order valence-corrected chi connectivity index (χ4v) is 3.17. The van der Waals surface area contributed by atoms with Crippen molar-refractivity contribution in [2.45, 2.75) is 6.42 Å². The number of hydrogen-bond donors (Lipinski definition) is 2. The molecule has 0 saturated heterocycles. The van der Waals surface area contributed by atoms with Crippen LogP contribution in [0.3, 0.4) is 0 Å². The maximum atomic E-state index is 12.2. The van der Waals surface area contributed by atoms with Crippen LogP contribution in [-0.4, -0.2) is 22.4 Å². The molecule has 3 aromatic rings. The van der Waals surface area contributed by atoms with Crippen molar-refractivity contribution < 1.29 is 9.72 Å². The lowest BCUT2D eigenvalue weighted by atomic mass is 10.0. The summed E-state index contributed by atoms with van der Waals surface area (Å²) in [7, 11) is 0. The minimum atomic E-state index is -0.402. The Hall–Kier alpha value is -3.15. The monoisotopic (exact) mass is 307 g/mol. The van der Waals surface area contributed by atoms with Crippen LogP contribution in [0.5, 0.6) is 0 Å². The molecule has 0 aliphatic carbocycles. The van der Waals surface area contributed by atoms with Gasteiger partial charge in [0.25, 0.3) is 11.6 Å². The number of nitro groups is 1. The van der Waals surface area contributed by atoms with Crippen LogP contribution in [0.2, 0.25) is 0 Å². The number of carbonyl (C=O) groups is 1. The fraction of sp³-hybridized carbons (Fsp3) is 0.118. The van der Waals surface area contributed by atoms with Crippen LogP contribution < -0.4 is 5.32 Å². The van der Waals surface area contributed by atoms with E-state index in [9.17, 15) is 14.9 Å². The van der Waals surface area contributed by atoms with E-state index < -0.39 is 4.92 Å². The molecule has 0 radical (unpaired) electrons. The van der Waals surface area contributed by atoms with Gasteiger partial charge in [0.2, 0.25) is 0 Å². The van der Waals surface area contributed by atoms with Gasteiger partial charge in [-0.25, -0.2) is 0 Å². The van der Waals surface area contributed by atoms with Gasteiger partial charge in [-0.3, -0.25) is 14.9 Å². The summed E-state index contributed by atoms with van der Waals surface area (Å²) in [4.78, 5) is 26.1. The molecule has 1 aromatic heterocycles. The molecule has 4 rings (SSSR count). The highest BCUT2D eigenvalue weighted by Crippen LogP contribution is 2.35. The lowest BCUT2D eigenvalue weighted by Crippen LogP contribution is -2.23. The van der Waals surface area contributed by atoms with Crippen molar-refractivity contribution in [3.8, 4) is 11.3 Å². The summed E-state index contributed by atoms with van der Waals surface area (Å²) in [6.45, 7) is 0.544. The average Bonchev–Trinajstić information content (AvgIpc) is 2.84. The summed E-state index contributed by atoms with van der Waals surface area (Å²) in [5.74, 6) is -0.0843. The third kappa shape index (κ3) is 2.07. The van der Waals surface area contributed by atoms with Gasteiger partial charge >= 0.3 is 0 Å². The summed E-state index contributed by atoms with van der Waals surface area (Å²) in [6.07, 6.45) is 0.681. The first kappa shape index (κ1) is 13.5. The lowest BCUT2D eigenvalue weighted by molar-refractivity contribution is -0.384. The molecule has 2 heterocycles. The van der Waals surface area contributed by atoms with Crippen molar-refractivity contribution in [2.24, 2.45) is 0 Å². The van der Waals surface area contributed by atoms with Crippen LogP contribution in [0.15, 0.2) is 42.5 Å². The first-order valence-corrected chi connectivity index (χ1v) is 7.32. The molecule has 2 aromatic carbocycles. The molecule has 1 amide bonds. The summed E-state index contributed by atoms with van der Waals surface area (Å²) >= 11 is 0. The van der Waals surface area contributed by atoms with Crippen LogP contribution in [0.1, 0.15) is 15.9 Å². The summed E-state index contributed by atoms with van der Waals surface area (Å²) < 4.78 is 0. The van der Waals surface area contributed by atoms with Crippen molar-refractivity contribution in [1.82, 2.24) is 10.3 Å². The summed E-state index contributed by atoms with van der Waals surface area (Å²) in [6, 6.07) is 12.1. The number of rotatable bonds is 2. The molecule has 2 N–H and O–H groups in total. The first-order valence-electron chi connectivity index (χ1n) is 7.32. The Labute approximate surface area is 131 Å². The molecule has 6 heteroatoms. The number of carbonyl (C=O) groups excluding carboxylic acids is 1. The number of non-ortho nitro benzene ring substituents is 1. The lowest BCUT2D eigenvalue weighted by Gasteiger charge is -2.04. The van der Waals surface area contributed by atoms with Crippen molar-refractivity contribution in [3.63, 3.8) is 0 Å². The number of H-pyrrole nitrogens is 1. The summed E-state index contributed by atoms with van der Waals surface area (Å²) in [5.41, 5.74) is 4.18. The number of benzene rings is 2. The Balaban J connectivity index is 2.00. The number of aromatic amines is 1. The predicted octanol–water partition coefficient (Wildman–Crippen LogP) is 3.03. The standard InChI is InChI=1S/C17H13N3O3/c21-17-13-5-2-6-14-15(13)12(7-8-18-17)16(19-14)10-3-1-4-11(9-10)20(22)23/h1-6,9,19H,7-8H2,(H,18,21). The van der Waals surface area contributed by atoms with E-state index >= 15 is 0 Å². The second kappa shape index (κ2) is 4.95. The second-order valence-corrected chi connectivity index (χ2v) is 5.52. The van der Waals surface area contributed by atoms with Crippen LogP contribution >= 0.6 is 0 Å². The Morgan fingerprint density at radius 3 is 2.78 bits per heavy atom. The van der Waals surface area contributed by atoms with Crippen LogP contribution in [0.4, 0.5) is 5.69 Å². The Bertz CT molecular complexity index is 959. The van der Waals surface area contributed by atoms with Gasteiger partial charge in [0.15, 0.2) is 0 Å². The molecule has 23 heavy (non-hydrogen) atoms. The van der Waals surface area contributed by atoms with Gasteiger partial charge in [-0.05, 0) is 24.1 Å². The zero-order valence-electron chi connectivity index (χ0n) is 12.1. The highest BCUT2D eigenvalue weighted by molar-refractivity contribution is 6.10. The highest BCUT2D eigenvalue weighted by Gasteiger charge is 2.22. The van der Waals surface area contributed by atoms with Gasteiger partial charge < -0.3 is 10.3 Å². The SMILES string of the molecule is O=C1NCCc2c(-c3cccc([N+](=O)[O-])c3)[nH]c3cccc1c23. The third-order valence-corrected chi connectivity index (χ3v) is 4.18. The fourth-order valence-electron chi connectivity index (χ4n) is 3.17. The van der Waals surface area contributed by atoms with E-state index in [1.165, 1.54) is 6.07 Å². The number of nitro benzene ring substituents is 1. The first-order chi connectivity index (χ1) is 11.1. The third-order valence-electron chi connectivity index (χ3n) is 4.18. The van der Waals surface area contributed by atoms with Gasteiger partial charge in [-0.15, -0.1) is 0 Å². The molecule has 0 spiro atoms. The van der Waals surface area contributed by atoms with E-state index in [4.69, 9.17) is 0 Å². The van der Waals surface area contributed by atoms with Gasteiger partial charge in [-0.1, -0.05) is 18.2 Å². The predicted molar refractivity (Wildman–Crippen MR) is 86.4 cm³/mol. The van der Waals surface area contributed by atoms with E-state index in [-0.39, 0.29) is 11.6 Å². The molecule has 1 aliphatic rings. The van der Waals surface area contributed by atoms with E-state index in [2.05, 4.69) is 10.3 Å². The van der Waals surface area contributed by atoms with Crippen LogP contribution in [-0.2, 0) is 6.42 Å². The molecule has 0 atom stereocenters. The Kier molecular flexibility index (Phi) is 2.90. The maximum absolute atomic E-state index is 12.2. The number of hydrogen-bond acceptors (Lipinski definition) is 3. The van der Waals surface area contributed by atoms with Gasteiger partial charge in [-0.2, -0.15) is 0 Å². The molecule has 114 valence electrons. The average molecular weight is 307 g/mol. The molecule has 0 unspecified atom stereocenters. The quantitative estimate of drug-likeness (QED) is 0.563. The molecular formula is C17H13N3O3. The van der Waals surface area contributed by atoms with Gasteiger partial charge in [0.05, 0.1) is 10.6 Å². The summed E-state index contributed by atoms with van der Waals surface area (Å²) in [5, 5.41) is 14.8. The molecule has 0 fully saturated rings. The van der Waals surface area contributed by atoms with Crippen molar-refractivity contribution in [3.05, 3.63) is 63.7 Å². The maximum Gasteiger partial charge on any atom is 0.270 e. The van der Waals surface area contributed by atoms with Crippen molar-refractivity contribution in [2.75, 3.05) is 6.54 Å². The van der Waals surface area contributed by atoms with E-state index in [1.54, 1.807) is 18.2 Å². The van der Waals surface area contributed by atoms with E-state index in [0.29, 0.717) is 18.5 Å². The number of nitrogens with zero attached hydrogens (tertiary/aromatic N) is 1. The second-order valence-electron chi connectivity index (χ2n) is 5.52.